The highest BCUT2D eigenvalue weighted by Gasteiger charge is 2.19. The van der Waals surface area contributed by atoms with Crippen LogP contribution in [0.4, 0.5) is 0 Å². The van der Waals surface area contributed by atoms with Gasteiger partial charge >= 0.3 is 0 Å². The van der Waals surface area contributed by atoms with Gasteiger partial charge in [-0.3, -0.25) is 9.69 Å². The molecule has 2 aromatic rings. The molecular weight excluding hydrogens is 292 g/mol. The van der Waals surface area contributed by atoms with Gasteiger partial charge in [0, 0.05) is 49.3 Å². The van der Waals surface area contributed by atoms with Crippen LogP contribution in [0.15, 0.2) is 23.0 Å². The van der Waals surface area contributed by atoms with Gasteiger partial charge in [0.15, 0.2) is 5.43 Å². The normalized spacial score (nSPS) is 19.9. The number of pyridine rings is 1. The molecule has 2 N–H and O–H groups in total. The average Bonchev–Trinajstić information content (AvgIpc) is 2.76. The largest absolute Gasteiger partial charge is 0.396 e. The first-order chi connectivity index (χ1) is 11.1. The lowest BCUT2D eigenvalue weighted by Gasteiger charge is -2.22. The summed E-state index contributed by atoms with van der Waals surface area (Å²) in [6.07, 6.45) is 0. The van der Waals surface area contributed by atoms with E-state index in [1.807, 2.05) is 26.0 Å². The van der Waals surface area contributed by atoms with Crippen LogP contribution in [0.2, 0.25) is 0 Å². The summed E-state index contributed by atoms with van der Waals surface area (Å²) in [5, 5.41) is 10.2. The molecule has 0 aliphatic carbocycles. The summed E-state index contributed by atoms with van der Waals surface area (Å²) in [7, 11) is 0. The van der Waals surface area contributed by atoms with Crippen LogP contribution in [-0.4, -0.2) is 47.9 Å². The van der Waals surface area contributed by atoms with Crippen molar-refractivity contribution in [2.75, 3.05) is 32.9 Å². The van der Waals surface area contributed by atoms with E-state index in [1.54, 1.807) is 6.07 Å². The van der Waals surface area contributed by atoms with E-state index in [2.05, 4.69) is 9.88 Å². The molecule has 3 rings (SSSR count). The van der Waals surface area contributed by atoms with E-state index in [0.717, 1.165) is 40.8 Å². The van der Waals surface area contributed by atoms with Crippen LogP contribution in [0.1, 0.15) is 16.8 Å². The van der Waals surface area contributed by atoms with Gasteiger partial charge in [0.25, 0.3) is 0 Å². The van der Waals surface area contributed by atoms with Crippen LogP contribution in [0, 0.1) is 19.8 Å². The molecule has 0 saturated carbocycles. The third-order valence-corrected chi connectivity index (χ3v) is 4.53. The average molecular weight is 316 g/mol. The SMILES string of the molecule is Cc1ccc(C)c2c(=O)cc(CN3CCOC[C@@H](CO)C3)[nH]c12. The zero-order valence-electron chi connectivity index (χ0n) is 13.8. The zero-order valence-corrected chi connectivity index (χ0v) is 13.8. The zero-order chi connectivity index (χ0) is 16.4. The summed E-state index contributed by atoms with van der Waals surface area (Å²) in [5.41, 5.74) is 3.99. The minimum absolute atomic E-state index is 0.0692. The van der Waals surface area contributed by atoms with Crippen molar-refractivity contribution < 1.29 is 9.84 Å². The molecule has 2 heterocycles. The van der Waals surface area contributed by atoms with Crippen LogP contribution >= 0.6 is 0 Å². The third-order valence-electron chi connectivity index (χ3n) is 4.53. The molecule has 0 radical (unpaired) electrons. The van der Waals surface area contributed by atoms with Gasteiger partial charge < -0.3 is 14.8 Å². The van der Waals surface area contributed by atoms with Crippen LogP contribution in [0.3, 0.4) is 0 Å². The van der Waals surface area contributed by atoms with E-state index < -0.39 is 0 Å². The maximum absolute atomic E-state index is 12.5. The Labute approximate surface area is 135 Å². The van der Waals surface area contributed by atoms with E-state index in [1.165, 1.54) is 0 Å². The van der Waals surface area contributed by atoms with E-state index in [0.29, 0.717) is 19.8 Å². The van der Waals surface area contributed by atoms with E-state index in [9.17, 15) is 9.90 Å². The number of hydrogen-bond donors (Lipinski definition) is 2. The fraction of sp³-hybridized carbons (Fsp3) is 0.500. The van der Waals surface area contributed by atoms with E-state index >= 15 is 0 Å². The monoisotopic (exact) mass is 316 g/mol. The van der Waals surface area contributed by atoms with Gasteiger partial charge in [0.2, 0.25) is 0 Å². The number of nitrogens with zero attached hydrogens (tertiary/aromatic N) is 1. The van der Waals surface area contributed by atoms with Crippen molar-refractivity contribution in [3.8, 4) is 0 Å². The number of aromatic amines is 1. The third kappa shape index (κ3) is 3.47. The number of aliphatic hydroxyl groups excluding tert-OH is 1. The number of benzene rings is 1. The van der Waals surface area contributed by atoms with Crippen LogP contribution in [0.5, 0.6) is 0 Å². The summed E-state index contributed by atoms with van der Waals surface area (Å²) >= 11 is 0. The highest BCUT2D eigenvalue weighted by atomic mass is 16.5. The maximum Gasteiger partial charge on any atom is 0.189 e. The molecule has 1 atom stereocenters. The summed E-state index contributed by atoms with van der Waals surface area (Å²) in [6.45, 7) is 7.62. The number of ether oxygens (including phenoxy) is 1. The van der Waals surface area contributed by atoms with Crippen molar-refractivity contribution in [1.29, 1.82) is 0 Å². The topological polar surface area (TPSA) is 65.6 Å². The molecule has 124 valence electrons. The van der Waals surface area contributed by atoms with Crippen molar-refractivity contribution in [2.45, 2.75) is 20.4 Å². The number of aliphatic hydroxyl groups is 1. The lowest BCUT2D eigenvalue weighted by atomic mass is 10.0. The Morgan fingerprint density at radius 2 is 2.13 bits per heavy atom. The number of hydrogen-bond acceptors (Lipinski definition) is 4. The Morgan fingerprint density at radius 3 is 2.91 bits per heavy atom. The van der Waals surface area contributed by atoms with Gasteiger partial charge in [-0.1, -0.05) is 12.1 Å². The lowest BCUT2D eigenvalue weighted by Crippen LogP contribution is -2.31. The number of aryl methyl sites for hydroxylation is 2. The summed E-state index contributed by atoms with van der Waals surface area (Å²) in [4.78, 5) is 18.2. The summed E-state index contributed by atoms with van der Waals surface area (Å²) < 4.78 is 5.52. The molecule has 1 aliphatic rings. The van der Waals surface area contributed by atoms with Crippen LogP contribution < -0.4 is 5.43 Å². The molecule has 1 aromatic heterocycles. The second kappa shape index (κ2) is 6.83. The smallest absolute Gasteiger partial charge is 0.189 e. The highest BCUT2D eigenvalue weighted by Crippen LogP contribution is 2.18. The van der Waals surface area contributed by atoms with Crippen molar-refractivity contribution >= 4 is 10.9 Å². The molecule has 0 spiro atoms. The highest BCUT2D eigenvalue weighted by molar-refractivity contribution is 5.84. The molecular formula is C18H24N2O3. The minimum atomic E-state index is 0.0692. The Morgan fingerprint density at radius 1 is 1.35 bits per heavy atom. The first kappa shape index (κ1) is 16.2. The van der Waals surface area contributed by atoms with E-state index in [-0.39, 0.29) is 18.0 Å². The van der Waals surface area contributed by atoms with Crippen molar-refractivity contribution in [2.24, 2.45) is 5.92 Å². The summed E-state index contributed by atoms with van der Waals surface area (Å²) in [6, 6.07) is 5.73. The van der Waals surface area contributed by atoms with Gasteiger partial charge in [-0.2, -0.15) is 0 Å². The van der Waals surface area contributed by atoms with Gasteiger partial charge in [0.05, 0.1) is 18.7 Å². The molecule has 5 nitrogen and oxygen atoms in total. The number of aromatic nitrogens is 1. The molecule has 0 amide bonds. The number of H-pyrrole nitrogens is 1. The van der Waals surface area contributed by atoms with Gasteiger partial charge in [-0.05, 0) is 25.0 Å². The molecule has 1 fully saturated rings. The second-order valence-electron chi connectivity index (χ2n) is 6.47. The first-order valence-electron chi connectivity index (χ1n) is 8.11. The fourth-order valence-electron chi connectivity index (χ4n) is 3.25. The minimum Gasteiger partial charge on any atom is -0.396 e. The Hall–Kier alpha value is -1.69. The van der Waals surface area contributed by atoms with Crippen LogP contribution in [-0.2, 0) is 11.3 Å². The maximum atomic E-state index is 12.5. The van der Waals surface area contributed by atoms with Gasteiger partial charge in [0.1, 0.15) is 0 Å². The standard InChI is InChI=1S/C18H24N2O3/c1-12-3-4-13(2)18-17(12)16(22)7-15(19-18)9-20-5-6-23-11-14(8-20)10-21/h3-4,7,14,21H,5-6,8-11H2,1-2H3,(H,19,22)/t14-/m1/s1. The first-order valence-corrected chi connectivity index (χ1v) is 8.11. The molecule has 1 aliphatic heterocycles. The quantitative estimate of drug-likeness (QED) is 0.902. The van der Waals surface area contributed by atoms with Gasteiger partial charge in [-0.15, -0.1) is 0 Å². The lowest BCUT2D eigenvalue weighted by molar-refractivity contribution is 0.0958. The molecule has 0 bridgehead atoms. The van der Waals surface area contributed by atoms with Crippen molar-refractivity contribution in [1.82, 2.24) is 9.88 Å². The predicted molar refractivity (Wildman–Crippen MR) is 90.7 cm³/mol. The fourth-order valence-corrected chi connectivity index (χ4v) is 3.25. The number of fused-ring (bicyclic) bond motifs is 1. The van der Waals surface area contributed by atoms with Crippen LogP contribution in [0.25, 0.3) is 10.9 Å². The molecule has 1 saturated heterocycles. The van der Waals surface area contributed by atoms with E-state index in [4.69, 9.17) is 4.74 Å². The van der Waals surface area contributed by atoms with Crippen molar-refractivity contribution in [3.05, 3.63) is 45.2 Å². The Bertz CT molecular complexity index is 754. The molecule has 0 unspecified atom stereocenters. The predicted octanol–water partition coefficient (Wildman–Crippen LogP) is 1.59. The second-order valence-corrected chi connectivity index (χ2v) is 6.47. The Balaban J connectivity index is 1.91. The molecule has 23 heavy (non-hydrogen) atoms. The number of rotatable bonds is 3. The molecule has 1 aromatic carbocycles. The number of nitrogens with one attached hydrogen (secondary N) is 1. The molecule has 5 heteroatoms. The summed E-state index contributed by atoms with van der Waals surface area (Å²) in [5.74, 6) is 0.133. The Kier molecular flexibility index (Phi) is 4.80. The van der Waals surface area contributed by atoms with Gasteiger partial charge in [-0.25, -0.2) is 0 Å². The van der Waals surface area contributed by atoms with Crippen molar-refractivity contribution in [3.63, 3.8) is 0 Å².